The number of piperazine rings is 1. The molecule has 0 radical (unpaired) electrons. The molecule has 1 heterocycles. The third-order valence-corrected chi connectivity index (χ3v) is 5.12. The van der Waals surface area contributed by atoms with Crippen molar-refractivity contribution in [2.45, 2.75) is 19.9 Å². The summed E-state index contributed by atoms with van der Waals surface area (Å²) in [6.07, 6.45) is 0.318. The third kappa shape index (κ3) is 5.57. The second kappa shape index (κ2) is 9.71. The molecule has 2 aromatic carbocycles. The molecule has 0 spiro atoms. The summed E-state index contributed by atoms with van der Waals surface area (Å²) in [7, 11) is 0. The number of aryl methyl sites for hydroxylation is 1. The van der Waals surface area contributed by atoms with Crippen molar-refractivity contribution in [1.29, 1.82) is 0 Å². The normalized spacial score (nSPS) is 14.0. The zero-order valence-corrected chi connectivity index (χ0v) is 16.9. The van der Waals surface area contributed by atoms with E-state index in [0.717, 1.165) is 37.3 Å². The van der Waals surface area contributed by atoms with Crippen molar-refractivity contribution >= 4 is 23.4 Å². The zero-order valence-electron chi connectivity index (χ0n) is 16.2. The molecule has 0 aliphatic carbocycles. The smallest absolute Gasteiger partial charge is 0.254 e. The van der Waals surface area contributed by atoms with Gasteiger partial charge in [0.1, 0.15) is 0 Å². The molecule has 28 heavy (non-hydrogen) atoms. The second-order valence-electron chi connectivity index (χ2n) is 7.11. The lowest BCUT2D eigenvalue weighted by Gasteiger charge is -2.29. The minimum atomic E-state index is -0.0724. The Morgan fingerprint density at radius 1 is 1.11 bits per heavy atom. The van der Waals surface area contributed by atoms with Crippen LogP contribution < -0.4 is 5.32 Å². The van der Waals surface area contributed by atoms with Crippen LogP contribution in [0.25, 0.3) is 0 Å². The van der Waals surface area contributed by atoms with Gasteiger partial charge in [0.2, 0.25) is 5.91 Å². The molecule has 1 N–H and O–H groups in total. The third-order valence-electron chi connectivity index (χ3n) is 4.88. The van der Waals surface area contributed by atoms with E-state index in [1.54, 1.807) is 4.90 Å². The summed E-state index contributed by atoms with van der Waals surface area (Å²) in [6, 6.07) is 15.0. The monoisotopic (exact) mass is 399 g/mol. The van der Waals surface area contributed by atoms with Gasteiger partial charge >= 0.3 is 0 Å². The minimum absolute atomic E-state index is 0.0724. The first-order chi connectivity index (χ1) is 13.5. The SMILES string of the molecule is Cc1cccc(C(=O)N(CCC(=O)N2CCNCC2)Cc2cccc(Cl)c2)c1. The average Bonchev–Trinajstić information content (AvgIpc) is 2.71. The summed E-state index contributed by atoms with van der Waals surface area (Å²) in [5, 5.41) is 3.88. The van der Waals surface area contributed by atoms with Gasteiger partial charge in [0.05, 0.1) is 0 Å². The van der Waals surface area contributed by atoms with Crippen molar-refractivity contribution < 1.29 is 9.59 Å². The molecule has 0 saturated carbocycles. The summed E-state index contributed by atoms with van der Waals surface area (Å²) < 4.78 is 0. The van der Waals surface area contributed by atoms with E-state index in [-0.39, 0.29) is 11.8 Å². The molecule has 1 fully saturated rings. The van der Waals surface area contributed by atoms with Crippen LogP contribution in [0.2, 0.25) is 5.02 Å². The molecule has 2 amide bonds. The van der Waals surface area contributed by atoms with Crippen LogP contribution in [0.15, 0.2) is 48.5 Å². The first-order valence-corrected chi connectivity index (χ1v) is 9.99. The summed E-state index contributed by atoms with van der Waals surface area (Å²) in [6.45, 7) is 5.84. The van der Waals surface area contributed by atoms with E-state index in [4.69, 9.17) is 11.6 Å². The van der Waals surface area contributed by atoms with Crippen molar-refractivity contribution in [3.05, 3.63) is 70.2 Å². The molecule has 3 rings (SSSR count). The van der Waals surface area contributed by atoms with Gasteiger partial charge in [-0.3, -0.25) is 9.59 Å². The summed E-state index contributed by atoms with van der Waals surface area (Å²) in [5.41, 5.74) is 2.62. The fourth-order valence-electron chi connectivity index (χ4n) is 3.37. The molecule has 5 nitrogen and oxygen atoms in total. The fourth-order valence-corrected chi connectivity index (χ4v) is 3.58. The maximum absolute atomic E-state index is 13.1. The number of rotatable bonds is 6. The van der Waals surface area contributed by atoms with Crippen LogP contribution in [0.3, 0.4) is 0 Å². The number of benzene rings is 2. The highest BCUT2D eigenvalue weighted by Gasteiger charge is 2.21. The molecule has 148 valence electrons. The molecule has 2 aromatic rings. The molecule has 0 bridgehead atoms. The van der Waals surface area contributed by atoms with Crippen LogP contribution in [-0.2, 0) is 11.3 Å². The standard InChI is InChI=1S/C22H26ClN3O2/c1-17-4-2-6-19(14-17)22(28)26(16-18-5-3-7-20(23)15-18)11-8-21(27)25-12-9-24-10-13-25/h2-7,14-15,24H,8-13,16H2,1H3. The number of carbonyl (C=O) groups is 2. The van der Waals surface area contributed by atoms with Gasteiger partial charge in [0.25, 0.3) is 5.91 Å². The molecule has 0 aromatic heterocycles. The quantitative estimate of drug-likeness (QED) is 0.812. The average molecular weight is 400 g/mol. The van der Waals surface area contributed by atoms with E-state index in [0.29, 0.717) is 30.1 Å². The molecule has 1 saturated heterocycles. The van der Waals surface area contributed by atoms with E-state index < -0.39 is 0 Å². The maximum Gasteiger partial charge on any atom is 0.254 e. The molecule has 0 atom stereocenters. The highest BCUT2D eigenvalue weighted by atomic mass is 35.5. The first kappa shape index (κ1) is 20.4. The minimum Gasteiger partial charge on any atom is -0.340 e. The highest BCUT2D eigenvalue weighted by molar-refractivity contribution is 6.30. The largest absolute Gasteiger partial charge is 0.340 e. The topological polar surface area (TPSA) is 52.7 Å². The molecule has 1 aliphatic rings. The zero-order chi connectivity index (χ0) is 19.9. The van der Waals surface area contributed by atoms with Crippen LogP contribution in [0.4, 0.5) is 0 Å². The molecule has 6 heteroatoms. The predicted molar refractivity (Wildman–Crippen MR) is 111 cm³/mol. The van der Waals surface area contributed by atoms with Crippen LogP contribution >= 0.6 is 11.6 Å². The van der Waals surface area contributed by atoms with Gasteiger partial charge in [0, 0.05) is 56.3 Å². The number of hydrogen-bond acceptors (Lipinski definition) is 3. The Morgan fingerprint density at radius 2 is 1.86 bits per heavy atom. The van der Waals surface area contributed by atoms with Gasteiger partial charge in [-0.05, 0) is 36.8 Å². The Labute approximate surface area is 171 Å². The van der Waals surface area contributed by atoms with Crippen LogP contribution in [0.1, 0.15) is 27.9 Å². The van der Waals surface area contributed by atoms with Crippen molar-refractivity contribution in [2.75, 3.05) is 32.7 Å². The van der Waals surface area contributed by atoms with E-state index in [9.17, 15) is 9.59 Å². The molecular formula is C22H26ClN3O2. The number of amides is 2. The Bertz CT molecular complexity index is 834. The second-order valence-corrected chi connectivity index (χ2v) is 7.54. The predicted octanol–water partition coefficient (Wildman–Crippen LogP) is 3.11. The van der Waals surface area contributed by atoms with Crippen molar-refractivity contribution in [3.63, 3.8) is 0 Å². The van der Waals surface area contributed by atoms with Crippen molar-refractivity contribution in [2.24, 2.45) is 0 Å². The Hall–Kier alpha value is -2.37. The van der Waals surface area contributed by atoms with E-state index in [1.165, 1.54) is 0 Å². The van der Waals surface area contributed by atoms with Crippen LogP contribution in [0, 0.1) is 6.92 Å². The van der Waals surface area contributed by atoms with Crippen LogP contribution in [-0.4, -0.2) is 54.3 Å². The van der Waals surface area contributed by atoms with Gasteiger partial charge in [0.15, 0.2) is 0 Å². The maximum atomic E-state index is 13.1. The summed E-state index contributed by atoms with van der Waals surface area (Å²) >= 11 is 6.10. The molecular weight excluding hydrogens is 374 g/mol. The summed E-state index contributed by atoms with van der Waals surface area (Å²) in [5.74, 6) is 0.0198. The van der Waals surface area contributed by atoms with Gasteiger partial charge < -0.3 is 15.1 Å². The number of hydrogen-bond donors (Lipinski definition) is 1. The number of halogens is 1. The lowest BCUT2D eigenvalue weighted by atomic mass is 10.1. The van der Waals surface area contributed by atoms with E-state index >= 15 is 0 Å². The van der Waals surface area contributed by atoms with E-state index in [1.807, 2.05) is 60.4 Å². The first-order valence-electron chi connectivity index (χ1n) is 9.62. The Kier molecular flexibility index (Phi) is 7.06. The van der Waals surface area contributed by atoms with Crippen molar-refractivity contribution in [3.8, 4) is 0 Å². The lowest BCUT2D eigenvalue weighted by molar-refractivity contribution is -0.132. The number of nitrogens with one attached hydrogen (secondary N) is 1. The van der Waals surface area contributed by atoms with E-state index in [2.05, 4.69) is 5.32 Å². The van der Waals surface area contributed by atoms with Gasteiger partial charge in [-0.2, -0.15) is 0 Å². The Balaban J connectivity index is 1.73. The Morgan fingerprint density at radius 3 is 2.57 bits per heavy atom. The van der Waals surface area contributed by atoms with Gasteiger partial charge in [-0.25, -0.2) is 0 Å². The van der Waals surface area contributed by atoms with Gasteiger partial charge in [-0.1, -0.05) is 41.4 Å². The highest BCUT2D eigenvalue weighted by Crippen LogP contribution is 2.16. The summed E-state index contributed by atoms with van der Waals surface area (Å²) in [4.78, 5) is 29.3. The van der Waals surface area contributed by atoms with Crippen LogP contribution in [0.5, 0.6) is 0 Å². The number of nitrogens with zero attached hydrogens (tertiary/aromatic N) is 2. The lowest BCUT2D eigenvalue weighted by Crippen LogP contribution is -2.47. The van der Waals surface area contributed by atoms with Gasteiger partial charge in [-0.15, -0.1) is 0 Å². The molecule has 1 aliphatic heterocycles. The number of carbonyl (C=O) groups excluding carboxylic acids is 2. The van der Waals surface area contributed by atoms with Crippen molar-refractivity contribution in [1.82, 2.24) is 15.1 Å². The molecule has 0 unspecified atom stereocenters. The fraction of sp³-hybridized carbons (Fsp3) is 0.364.